The van der Waals surface area contributed by atoms with E-state index in [2.05, 4.69) is 29.3 Å². The van der Waals surface area contributed by atoms with Crippen molar-refractivity contribution in [2.24, 2.45) is 0 Å². The van der Waals surface area contributed by atoms with E-state index in [1.807, 2.05) is 12.1 Å². The summed E-state index contributed by atoms with van der Waals surface area (Å²) in [4.78, 5) is 26.3. The summed E-state index contributed by atoms with van der Waals surface area (Å²) >= 11 is 5.92. The number of rotatable bonds is 7. The molecule has 1 unspecified atom stereocenters. The van der Waals surface area contributed by atoms with Gasteiger partial charge in [-0.15, -0.1) is 0 Å². The second-order valence-electron chi connectivity index (χ2n) is 8.34. The van der Waals surface area contributed by atoms with Crippen molar-refractivity contribution in [1.29, 1.82) is 0 Å². The van der Waals surface area contributed by atoms with E-state index in [-0.39, 0.29) is 11.3 Å². The molecular weight excluding hydrogens is 438 g/mol. The number of amides is 1. The van der Waals surface area contributed by atoms with Crippen molar-refractivity contribution >= 4 is 23.2 Å². The summed E-state index contributed by atoms with van der Waals surface area (Å²) in [7, 11) is 0. The summed E-state index contributed by atoms with van der Waals surface area (Å²) in [6.07, 6.45) is 2.50. The maximum Gasteiger partial charge on any atom is 0.282 e. The minimum Gasteiger partial charge on any atom is -0.348 e. The molecule has 1 amide bonds. The van der Waals surface area contributed by atoms with Crippen LogP contribution in [0.2, 0.25) is 5.02 Å². The molecule has 4 rings (SSSR count). The molecule has 0 radical (unpaired) electrons. The topological polar surface area (TPSA) is 75.5 Å². The number of carbonyl (C=O) groups is 1. The number of nitrogens with zero attached hydrogens (tertiary/aromatic N) is 2. The van der Waals surface area contributed by atoms with Crippen LogP contribution in [0, 0.1) is 10.1 Å². The molecule has 0 aromatic heterocycles. The Morgan fingerprint density at radius 2 is 1.67 bits per heavy atom. The van der Waals surface area contributed by atoms with Crippen LogP contribution in [-0.2, 0) is 6.54 Å². The van der Waals surface area contributed by atoms with E-state index in [4.69, 9.17) is 11.6 Å². The minimum absolute atomic E-state index is 0.0389. The van der Waals surface area contributed by atoms with Gasteiger partial charge in [0, 0.05) is 23.7 Å². The van der Waals surface area contributed by atoms with Crippen molar-refractivity contribution in [2.45, 2.75) is 32.4 Å². The van der Waals surface area contributed by atoms with Gasteiger partial charge in [0.05, 0.1) is 4.92 Å². The van der Waals surface area contributed by atoms with Gasteiger partial charge in [0.2, 0.25) is 0 Å². The molecule has 1 saturated heterocycles. The summed E-state index contributed by atoms with van der Waals surface area (Å²) in [6.45, 7) is 4.78. The molecule has 1 aliphatic heterocycles. The van der Waals surface area contributed by atoms with Crippen LogP contribution >= 0.6 is 11.6 Å². The number of nitrogens with one attached hydrogen (secondary N) is 1. The summed E-state index contributed by atoms with van der Waals surface area (Å²) in [5.41, 5.74) is 3.45. The monoisotopic (exact) mass is 463 g/mol. The van der Waals surface area contributed by atoms with Crippen LogP contribution in [0.15, 0.2) is 66.7 Å². The van der Waals surface area contributed by atoms with Crippen LogP contribution in [0.4, 0.5) is 5.69 Å². The number of likely N-dealkylation sites (tertiary alicyclic amines) is 1. The minimum atomic E-state index is -0.525. The molecule has 33 heavy (non-hydrogen) atoms. The Labute approximate surface area is 198 Å². The van der Waals surface area contributed by atoms with E-state index in [1.54, 1.807) is 30.3 Å². The highest BCUT2D eigenvalue weighted by Crippen LogP contribution is 2.28. The Bertz CT molecular complexity index is 1140. The van der Waals surface area contributed by atoms with Crippen LogP contribution < -0.4 is 5.32 Å². The highest BCUT2D eigenvalue weighted by atomic mass is 35.5. The Kier molecular flexibility index (Phi) is 7.06. The second kappa shape index (κ2) is 10.1. The fourth-order valence-electron chi connectivity index (χ4n) is 4.23. The van der Waals surface area contributed by atoms with E-state index < -0.39 is 10.8 Å². The highest BCUT2D eigenvalue weighted by Gasteiger charge is 2.22. The van der Waals surface area contributed by atoms with E-state index in [1.165, 1.54) is 30.5 Å². The van der Waals surface area contributed by atoms with E-state index >= 15 is 0 Å². The molecule has 0 bridgehead atoms. The summed E-state index contributed by atoms with van der Waals surface area (Å²) in [6, 6.07) is 20.2. The Hall–Kier alpha value is -3.22. The van der Waals surface area contributed by atoms with Crippen molar-refractivity contribution in [3.63, 3.8) is 0 Å². The van der Waals surface area contributed by atoms with Gasteiger partial charge in [-0.2, -0.15) is 0 Å². The van der Waals surface area contributed by atoms with Gasteiger partial charge in [-0.1, -0.05) is 54.1 Å². The molecule has 0 saturated carbocycles. The van der Waals surface area contributed by atoms with Crippen molar-refractivity contribution in [2.75, 3.05) is 13.1 Å². The fourth-order valence-corrected chi connectivity index (χ4v) is 4.35. The molecule has 1 N–H and O–H groups in total. The number of carbonyl (C=O) groups excluding carboxylic acids is 1. The van der Waals surface area contributed by atoms with Gasteiger partial charge in [0.15, 0.2) is 0 Å². The van der Waals surface area contributed by atoms with Crippen LogP contribution in [0.5, 0.6) is 0 Å². The number of hydrogen-bond donors (Lipinski definition) is 1. The molecule has 0 spiro atoms. The fraction of sp³-hybridized carbons (Fsp3) is 0.269. The van der Waals surface area contributed by atoms with Crippen LogP contribution in [0.1, 0.15) is 47.3 Å². The van der Waals surface area contributed by atoms with E-state index in [0.717, 1.165) is 24.2 Å². The maximum atomic E-state index is 12.7. The molecule has 1 heterocycles. The van der Waals surface area contributed by atoms with Gasteiger partial charge >= 0.3 is 0 Å². The normalized spacial score (nSPS) is 14.7. The molecular formula is C26H26ClN3O3. The lowest BCUT2D eigenvalue weighted by atomic mass is 10.0. The van der Waals surface area contributed by atoms with Gasteiger partial charge in [-0.25, -0.2) is 0 Å². The Morgan fingerprint density at radius 3 is 2.30 bits per heavy atom. The third-order valence-corrected chi connectivity index (χ3v) is 6.47. The zero-order valence-electron chi connectivity index (χ0n) is 18.5. The SMILES string of the molecule is CC(c1ccc(CNC(=O)c2ccc(-c3ccc(Cl)cc3)cc2[N+](=O)[O-])cc1)N1CCCC1. The van der Waals surface area contributed by atoms with Crippen molar-refractivity contribution in [3.8, 4) is 11.1 Å². The lowest BCUT2D eigenvalue weighted by molar-refractivity contribution is -0.385. The maximum absolute atomic E-state index is 12.7. The Morgan fingerprint density at radius 1 is 1.03 bits per heavy atom. The first-order chi connectivity index (χ1) is 15.9. The van der Waals surface area contributed by atoms with Crippen molar-refractivity contribution in [1.82, 2.24) is 10.2 Å². The first-order valence-electron chi connectivity index (χ1n) is 11.1. The second-order valence-corrected chi connectivity index (χ2v) is 8.78. The molecule has 3 aromatic rings. The average molecular weight is 464 g/mol. The number of nitro benzene ring substituents is 1. The molecule has 1 fully saturated rings. The third kappa shape index (κ3) is 5.41. The molecule has 1 atom stereocenters. The van der Waals surface area contributed by atoms with Crippen molar-refractivity contribution < 1.29 is 9.72 Å². The van der Waals surface area contributed by atoms with Crippen LogP contribution in [0.3, 0.4) is 0 Å². The number of nitro groups is 1. The smallest absolute Gasteiger partial charge is 0.282 e. The van der Waals surface area contributed by atoms with Crippen molar-refractivity contribution in [3.05, 3.63) is 98.6 Å². The predicted molar refractivity (Wildman–Crippen MR) is 130 cm³/mol. The molecule has 3 aromatic carbocycles. The molecule has 1 aliphatic rings. The molecule has 0 aliphatic carbocycles. The summed E-state index contributed by atoms with van der Waals surface area (Å²) in [5, 5.41) is 15.0. The molecule has 6 nitrogen and oxygen atoms in total. The van der Waals surface area contributed by atoms with Gasteiger partial charge in [0.1, 0.15) is 5.56 Å². The summed E-state index contributed by atoms with van der Waals surface area (Å²) in [5.74, 6) is -0.473. The average Bonchev–Trinajstić information content (AvgIpc) is 3.37. The first kappa shape index (κ1) is 23.0. The lowest BCUT2D eigenvalue weighted by Crippen LogP contribution is -2.24. The Balaban J connectivity index is 1.44. The first-order valence-corrected chi connectivity index (χ1v) is 11.5. The van der Waals surface area contributed by atoms with Crippen LogP contribution in [0.25, 0.3) is 11.1 Å². The number of halogens is 1. The van der Waals surface area contributed by atoms with E-state index in [0.29, 0.717) is 23.2 Å². The zero-order valence-corrected chi connectivity index (χ0v) is 19.2. The largest absolute Gasteiger partial charge is 0.348 e. The summed E-state index contributed by atoms with van der Waals surface area (Å²) < 4.78 is 0. The third-order valence-electron chi connectivity index (χ3n) is 6.22. The molecule has 7 heteroatoms. The van der Waals surface area contributed by atoms with Gasteiger partial charge in [-0.3, -0.25) is 19.8 Å². The predicted octanol–water partition coefficient (Wildman–Crippen LogP) is 6.00. The molecule has 170 valence electrons. The van der Waals surface area contributed by atoms with Gasteiger partial charge < -0.3 is 5.32 Å². The van der Waals surface area contributed by atoms with E-state index in [9.17, 15) is 14.9 Å². The van der Waals surface area contributed by atoms with Crippen LogP contribution in [-0.4, -0.2) is 28.8 Å². The number of hydrogen-bond acceptors (Lipinski definition) is 4. The lowest BCUT2D eigenvalue weighted by Gasteiger charge is -2.24. The van der Waals surface area contributed by atoms with Gasteiger partial charge in [-0.05, 0) is 73.3 Å². The quantitative estimate of drug-likeness (QED) is 0.344. The standard InChI is InChI=1S/C26H26ClN3O3/c1-18(29-14-2-3-15-29)20-6-4-19(5-7-20)17-28-26(31)24-13-10-22(16-25(24)30(32)33)21-8-11-23(27)12-9-21/h4-13,16,18H,2-3,14-15,17H2,1H3,(H,28,31). The highest BCUT2D eigenvalue weighted by molar-refractivity contribution is 6.30. The van der Waals surface area contributed by atoms with Gasteiger partial charge in [0.25, 0.3) is 11.6 Å². The number of benzene rings is 3. The zero-order chi connectivity index (χ0) is 23.4.